The number of nitrogens with zero attached hydrogens (tertiary/aromatic N) is 1. The lowest BCUT2D eigenvalue weighted by molar-refractivity contribution is 0.585. The zero-order valence-electron chi connectivity index (χ0n) is 15.4. The predicted molar refractivity (Wildman–Crippen MR) is 118 cm³/mol. The van der Waals surface area contributed by atoms with Gasteiger partial charge in [0.25, 0.3) is 0 Å². The minimum Gasteiger partial charge on any atom is -0.311 e. The standard InChI is InChI=1S/C25H20NOP/c27-28(24-17-15-21(16-18-24)20-9-3-1-4-10-20)25-14-8-7-11-22(25)19-26(28)23-12-5-2-6-13-23/h1-18H,19H2. The molecule has 0 saturated heterocycles. The Kier molecular flexibility index (Phi) is 4.15. The van der Waals surface area contributed by atoms with E-state index in [-0.39, 0.29) is 0 Å². The van der Waals surface area contributed by atoms with Crippen molar-refractivity contribution in [2.75, 3.05) is 4.67 Å². The Morgan fingerprint density at radius 2 is 1.18 bits per heavy atom. The Morgan fingerprint density at radius 3 is 1.89 bits per heavy atom. The van der Waals surface area contributed by atoms with E-state index in [4.69, 9.17) is 0 Å². The third kappa shape index (κ3) is 2.69. The number of para-hydroxylation sites is 1. The van der Waals surface area contributed by atoms with Gasteiger partial charge in [0.15, 0.2) is 0 Å². The fourth-order valence-corrected chi connectivity index (χ4v) is 6.95. The summed E-state index contributed by atoms with van der Waals surface area (Å²) >= 11 is 0. The first-order valence-electron chi connectivity index (χ1n) is 9.44. The zero-order valence-corrected chi connectivity index (χ0v) is 16.3. The molecule has 1 heterocycles. The zero-order chi connectivity index (χ0) is 19.0. The van der Waals surface area contributed by atoms with Crippen molar-refractivity contribution in [3.05, 3.63) is 115 Å². The van der Waals surface area contributed by atoms with E-state index in [1.54, 1.807) is 0 Å². The molecule has 0 aromatic heterocycles. The topological polar surface area (TPSA) is 20.3 Å². The molecule has 3 heteroatoms. The molecular formula is C25H20NOP. The van der Waals surface area contributed by atoms with Gasteiger partial charge in [0.05, 0.1) is 6.54 Å². The van der Waals surface area contributed by atoms with Gasteiger partial charge < -0.3 is 4.67 Å². The Bertz CT molecular complexity index is 1150. The second-order valence-electron chi connectivity index (χ2n) is 7.01. The van der Waals surface area contributed by atoms with Crippen molar-refractivity contribution in [2.24, 2.45) is 0 Å². The lowest BCUT2D eigenvalue weighted by Crippen LogP contribution is -2.24. The lowest BCUT2D eigenvalue weighted by atomic mass is 10.1. The van der Waals surface area contributed by atoms with Gasteiger partial charge in [-0.15, -0.1) is 0 Å². The quantitative estimate of drug-likeness (QED) is 0.430. The van der Waals surface area contributed by atoms with E-state index in [9.17, 15) is 4.57 Å². The van der Waals surface area contributed by atoms with E-state index in [1.165, 1.54) is 5.56 Å². The highest BCUT2D eigenvalue weighted by molar-refractivity contribution is 7.80. The smallest absolute Gasteiger partial charge is 0.230 e. The normalized spacial score (nSPS) is 18.1. The van der Waals surface area contributed by atoms with Gasteiger partial charge in [-0.25, -0.2) is 0 Å². The number of rotatable bonds is 3. The van der Waals surface area contributed by atoms with Crippen LogP contribution in [0.15, 0.2) is 109 Å². The van der Waals surface area contributed by atoms with Gasteiger partial charge in [-0.1, -0.05) is 78.9 Å². The van der Waals surface area contributed by atoms with E-state index in [1.807, 2.05) is 78.9 Å². The van der Waals surface area contributed by atoms with Crippen molar-refractivity contribution < 1.29 is 4.57 Å². The van der Waals surface area contributed by atoms with E-state index < -0.39 is 7.29 Å². The first-order valence-corrected chi connectivity index (χ1v) is 11.1. The van der Waals surface area contributed by atoms with Crippen LogP contribution in [0.1, 0.15) is 5.56 Å². The summed E-state index contributed by atoms with van der Waals surface area (Å²) in [6.07, 6.45) is 0. The minimum atomic E-state index is -2.92. The summed E-state index contributed by atoms with van der Waals surface area (Å²) in [6, 6.07) is 36.7. The van der Waals surface area contributed by atoms with Crippen LogP contribution in [0, 0.1) is 0 Å². The first kappa shape index (κ1) is 17.0. The predicted octanol–water partition coefficient (Wildman–Crippen LogP) is 5.60. The van der Waals surface area contributed by atoms with Crippen LogP contribution in [0.2, 0.25) is 0 Å². The van der Waals surface area contributed by atoms with Crippen molar-refractivity contribution in [2.45, 2.75) is 6.54 Å². The van der Waals surface area contributed by atoms with Crippen LogP contribution in [0.4, 0.5) is 5.69 Å². The third-order valence-electron chi connectivity index (χ3n) is 5.36. The molecular weight excluding hydrogens is 361 g/mol. The molecule has 28 heavy (non-hydrogen) atoms. The molecule has 0 amide bonds. The molecule has 1 aliphatic rings. The first-order chi connectivity index (χ1) is 13.8. The number of hydrogen-bond donors (Lipinski definition) is 0. The van der Waals surface area contributed by atoms with Gasteiger partial charge >= 0.3 is 0 Å². The number of benzene rings is 4. The largest absolute Gasteiger partial charge is 0.311 e. The Balaban J connectivity index is 1.64. The van der Waals surface area contributed by atoms with Crippen LogP contribution in [0.25, 0.3) is 11.1 Å². The highest BCUT2D eigenvalue weighted by Crippen LogP contribution is 2.55. The molecule has 0 N–H and O–H groups in total. The van der Waals surface area contributed by atoms with E-state index in [0.717, 1.165) is 27.4 Å². The minimum absolute atomic E-state index is 0.665. The van der Waals surface area contributed by atoms with Crippen LogP contribution in [0.5, 0.6) is 0 Å². The summed E-state index contributed by atoms with van der Waals surface area (Å²) in [4.78, 5) is 0. The van der Waals surface area contributed by atoms with Crippen molar-refractivity contribution in [3.63, 3.8) is 0 Å². The number of fused-ring (bicyclic) bond motifs is 1. The summed E-state index contributed by atoms with van der Waals surface area (Å²) in [6.45, 7) is 0.665. The maximum atomic E-state index is 14.5. The molecule has 1 unspecified atom stereocenters. The van der Waals surface area contributed by atoms with Crippen LogP contribution >= 0.6 is 7.29 Å². The summed E-state index contributed by atoms with van der Waals surface area (Å²) in [5, 5.41) is 1.83. The molecule has 0 bridgehead atoms. The molecule has 0 aliphatic carbocycles. The summed E-state index contributed by atoms with van der Waals surface area (Å²) in [7, 11) is -2.92. The Hall–Kier alpha value is -3.09. The van der Waals surface area contributed by atoms with Gasteiger partial charge in [-0.3, -0.25) is 4.57 Å². The van der Waals surface area contributed by atoms with Gasteiger partial charge in [-0.2, -0.15) is 0 Å². The summed E-state index contributed by atoms with van der Waals surface area (Å²) in [5.74, 6) is 0. The second-order valence-corrected chi connectivity index (χ2v) is 9.64. The Morgan fingerprint density at radius 1 is 0.607 bits per heavy atom. The fraction of sp³-hybridized carbons (Fsp3) is 0.0400. The van der Waals surface area contributed by atoms with Gasteiger partial charge in [0, 0.05) is 16.3 Å². The third-order valence-corrected chi connectivity index (χ3v) is 8.50. The highest BCUT2D eigenvalue weighted by Gasteiger charge is 2.42. The molecule has 1 atom stereocenters. The van der Waals surface area contributed by atoms with Crippen molar-refractivity contribution in [1.29, 1.82) is 0 Å². The molecule has 2 nitrogen and oxygen atoms in total. The fourth-order valence-electron chi connectivity index (χ4n) is 3.95. The molecule has 5 rings (SSSR count). The van der Waals surface area contributed by atoms with Crippen molar-refractivity contribution >= 4 is 23.6 Å². The lowest BCUT2D eigenvalue weighted by Gasteiger charge is -2.28. The van der Waals surface area contributed by atoms with E-state index in [2.05, 4.69) is 35.0 Å². The van der Waals surface area contributed by atoms with E-state index >= 15 is 0 Å². The second kappa shape index (κ2) is 6.82. The molecule has 0 fully saturated rings. The average Bonchev–Trinajstić information content (AvgIpc) is 3.09. The van der Waals surface area contributed by atoms with E-state index in [0.29, 0.717) is 6.54 Å². The van der Waals surface area contributed by atoms with Gasteiger partial charge in [0.2, 0.25) is 7.29 Å². The van der Waals surface area contributed by atoms with Crippen LogP contribution in [-0.4, -0.2) is 0 Å². The molecule has 0 spiro atoms. The average molecular weight is 381 g/mol. The summed E-state index contributed by atoms with van der Waals surface area (Å²) < 4.78 is 16.6. The summed E-state index contributed by atoms with van der Waals surface area (Å²) in [5.41, 5.74) is 4.43. The maximum absolute atomic E-state index is 14.5. The molecule has 1 aliphatic heterocycles. The highest BCUT2D eigenvalue weighted by atomic mass is 31.2. The molecule has 0 radical (unpaired) electrons. The number of anilines is 1. The van der Waals surface area contributed by atoms with Crippen molar-refractivity contribution in [3.8, 4) is 11.1 Å². The van der Waals surface area contributed by atoms with Gasteiger partial charge in [-0.05, 0) is 47.0 Å². The molecule has 4 aromatic carbocycles. The van der Waals surface area contributed by atoms with Crippen LogP contribution < -0.4 is 15.3 Å². The van der Waals surface area contributed by atoms with Gasteiger partial charge in [0.1, 0.15) is 0 Å². The maximum Gasteiger partial charge on any atom is 0.230 e. The Labute approximate surface area is 165 Å². The van der Waals surface area contributed by atoms with Crippen LogP contribution in [-0.2, 0) is 11.1 Å². The monoisotopic (exact) mass is 381 g/mol. The van der Waals surface area contributed by atoms with Crippen molar-refractivity contribution in [1.82, 2.24) is 0 Å². The van der Waals surface area contributed by atoms with Crippen LogP contribution in [0.3, 0.4) is 0 Å². The molecule has 136 valence electrons. The SMILES string of the molecule is O=P1(c2ccc(-c3ccccc3)cc2)c2ccccc2CN1c1ccccc1. The molecule has 0 saturated carbocycles. The number of hydrogen-bond acceptors (Lipinski definition) is 1. The molecule has 4 aromatic rings.